The van der Waals surface area contributed by atoms with Crippen LogP contribution in [0.1, 0.15) is 44.0 Å². The van der Waals surface area contributed by atoms with Gasteiger partial charge >= 0.3 is 5.97 Å². The molecule has 0 aliphatic carbocycles. The van der Waals surface area contributed by atoms with Gasteiger partial charge in [0, 0.05) is 10.9 Å². The first-order chi connectivity index (χ1) is 9.43. The summed E-state index contributed by atoms with van der Waals surface area (Å²) < 4.78 is 0. The maximum absolute atomic E-state index is 12.0. The number of nitrogens with one attached hydrogen (secondary N) is 1. The number of carbonyl (C=O) groups excluding carboxylic acids is 1. The summed E-state index contributed by atoms with van der Waals surface area (Å²) in [4.78, 5) is 23.7. The van der Waals surface area contributed by atoms with Crippen molar-refractivity contribution in [3.05, 3.63) is 29.8 Å². The van der Waals surface area contributed by atoms with E-state index in [0.717, 1.165) is 17.7 Å². The number of benzene rings is 1. The zero-order chi connectivity index (χ0) is 15.1. The number of amides is 1. The second-order valence-corrected chi connectivity index (χ2v) is 6.21. The lowest BCUT2D eigenvalue weighted by Crippen LogP contribution is -2.37. The Balaban J connectivity index is 2.61. The minimum absolute atomic E-state index is 0.0170. The Labute approximate surface area is 124 Å². The second kappa shape index (κ2) is 7.94. The van der Waals surface area contributed by atoms with E-state index < -0.39 is 5.97 Å². The fourth-order valence-electron chi connectivity index (χ4n) is 1.83. The maximum Gasteiger partial charge on any atom is 0.335 e. The normalized spacial score (nSPS) is 13.6. The zero-order valence-electron chi connectivity index (χ0n) is 12.1. The molecular formula is C15H21NO3S. The van der Waals surface area contributed by atoms with Gasteiger partial charge in [0.25, 0.3) is 0 Å². The molecule has 1 amide bonds. The molecule has 0 spiro atoms. The van der Waals surface area contributed by atoms with E-state index in [1.165, 1.54) is 11.8 Å². The number of hydrogen-bond donors (Lipinski definition) is 2. The van der Waals surface area contributed by atoms with Crippen LogP contribution in [0.4, 0.5) is 0 Å². The van der Waals surface area contributed by atoms with E-state index in [0.29, 0.717) is 0 Å². The lowest BCUT2D eigenvalue weighted by Gasteiger charge is -2.17. The summed E-state index contributed by atoms with van der Waals surface area (Å²) in [5.41, 5.74) is 0.238. The summed E-state index contributed by atoms with van der Waals surface area (Å²) in [6.45, 7) is 5.90. The number of aromatic carboxylic acids is 1. The molecule has 2 atom stereocenters. The topological polar surface area (TPSA) is 66.4 Å². The minimum atomic E-state index is -0.957. The van der Waals surface area contributed by atoms with Crippen molar-refractivity contribution in [2.24, 2.45) is 0 Å². The SMILES string of the molecule is CCCC(C)NC(=O)C(C)Sc1cccc(C(=O)O)c1. The predicted molar refractivity (Wildman–Crippen MR) is 81.2 cm³/mol. The van der Waals surface area contributed by atoms with Crippen molar-refractivity contribution in [2.45, 2.75) is 49.8 Å². The van der Waals surface area contributed by atoms with Crippen LogP contribution in [0.2, 0.25) is 0 Å². The van der Waals surface area contributed by atoms with Crippen molar-refractivity contribution in [2.75, 3.05) is 0 Å². The summed E-state index contributed by atoms with van der Waals surface area (Å²) in [7, 11) is 0. The third-order valence-corrected chi connectivity index (χ3v) is 3.97. The molecule has 0 saturated heterocycles. The molecule has 0 aliphatic heterocycles. The van der Waals surface area contributed by atoms with Crippen molar-refractivity contribution in [1.29, 1.82) is 0 Å². The molecule has 1 rings (SSSR count). The van der Waals surface area contributed by atoms with Crippen LogP contribution in [0.3, 0.4) is 0 Å². The van der Waals surface area contributed by atoms with Crippen LogP contribution < -0.4 is 5.32 Å². The number of carboxylic acids is 1. The van der Waals surface area contributed by atoms with Crippen molar-refractivity contribution < 1.29 is 14.7 Å². The molecule has 0 radical (unpaired) electrons. The molecule has 110 valence electrons. The lowest BCUT2D eigenvalue weighted by molar-refractivity contribution is -0.120. The Morgan fingerprint density at radius 1 is 1.35 bits per heavy atom. The molecule has 1 aromatic carbocycles. The Kier molecular flexibility index (Phi) is 6.58. The Morgan fingerprint density at radius 3 is 2.65 bits per heavy atom. The number of carboxylic acid groups (broad SMARTS) is 1. The highest BCUT2D eigenvalue weighted by molar-refractivity contribution is 8.00. The Morgan fingerprint density at radius 2 is 2.05 bits per heavy atom. The monoisotopic (exact) mass is 295 g/mol. The molecule has 1 aromatic rings. The molecule has 5 heteroatoms. The van der Waals surface area contributed by atoms with E-state index in [4.69, 9.17) is 5.11 Å². The van der Waals surface area contributed by atoms with Gasteiger partial charge in [-0.15, -0.1) is 11.8 Å². The van der Waals surface area contributed by atoms with Crippen LogP contribution in [0, 0.1) is 0 Å². The van der Waals surface area contributed by atoms with Gasteiger partial charge in [-0.25, -0.2) is 4.79 Å². The van der Waals surface area contributed by atoms with E-state index >= 15 is 0 Å². The quantitative estimate of drug-likeness (QED) is 0.758. The number of carbonyl (C=O) groups is 2. The largest absolute Gasteiger partial charge is 0.478 e. The van der Waals surface area contributed by atoms with Gasteiger partial charge in [0.05, 0.1) is 10.8 Å². The number of hydrogen-bond acceptors (Lipinski definition) is 3. The van der Waals surface area contributed by atoms with Gasteiger partial charge < -0.3 is 10.4 Å². The molecule has 2 unspecified atom stereocenters. The van der Waals surface area contributed by atoms with Crippen LogP contribution in [0.5, 0.6) is 0 Å². The minimum Gasteiger partial charge on any atom is -0.478 e. The number of rotatable bonds is 7. The van der Waals surface area contributed by atoms with Gasteiger partial charge in [0.2, 0.25) is 5.91 Å². The van der Waals surface area contributed by atoms with E-state index in [2.05, 4.69) is 12.2 Å². The van der Waals surface area contributed by atoms with Gasteiger partial charge in [-0.1, -0.05) is 19.4 Å². The molecule has 4 nitrogen and oxygen atoms in total. The van der Waals surface area contributed by atoms with Crippen molar-refractivity contribution in [3.63, 3.8) is 0 Å². The van der Waals surface area contributed by atoms with Gasteiger partial charge in [0.15, 0.2) is 0 Å². The Hall–Kier alpha value is -1.49. The van der Waals surface area contributed by atoms with Gasteiger partial charge in [-0.3, -0.25) is 4.79 Å². The molecule has 20 heavy (non-hydrogen) atoms. The smallest absolute Gasteiger partial charge is 0.335 e. The molecule has 2 N–H and O–H groups in total. The molecule has 0 bridgehead atoms. The standard InChI is InChI=1S/C15H21NO3S/c1-4-6-10(2)16-14(17)11(3)20-13-8-5-7-12(9-13)15(18)19/h5,7-11H,4,6H2,1-3H3,(H,16,17)(H,18,19). The van der Waals surface area contributed by atoms with E-state index in [1.54, 1.807) is 18.2 Å². The highest BCUT2D eigenvalue weighted by Crippen LogP contribution is 2.24. The summed E-state index contributed by atoms with van der Waals surface area (Å²) >= 11 is 1.37. The van der Waals surface area contributed by atoms with Crippen molar-refractivity contribution >= 4 is 23.6 Å². The fraction of sp³-hybridized carbons (Fsp3) is 0.467. The molecule has 0 aromatic heterocycles. The molecule has 0 aliphatic rings. The van der Waals surface area contributed by atoms with Gasteiger partial charge in [0.1, 0.15) is 0 Å². The van der Waals surface area contributed by atoms with Crippen LogP contribution in [0.25, 0.3) is 0 Å². The first kappa shape index (κ1) is 16.6. The Bertz CT molecular complexity index is 476. The van der Waals surface area contributed by atoms with E-state index in [1.807, 2.05) is 19.9 Å². The first-order valence-electron chi connectivity index (χ1n) is 6.74. The summed E-state index contributed by atoms with van der Waals surface area (Å²) in [6.07, 6.45) is 1.99. The van der Waals surface area contributed by atoms with E-state index in [-0.39, 0.29) is 22.8 Å². The summed E-state index contributed by atoms with van der Waals surface area (Å²) in [5.74, 6) is -0.974. The van der Waals surface area contributed by atoms with Crippen LogP contribution in [-0.4, -0.2) is 28.3 Å². The van der Waals surface area contributed by atoms with Crippen LogP contribution in [0.15, 0.2) is 29.2 Å². The average Bonchev–Trinajstić information content (AvgIpc) is 2.39. The average molecular weight is 295 g/mol. The second-order valence-electron chi connectivity index (χ2n) is 4.79. The highest BCUT2D eigenvalue weighted by atomic mass is 32.2. The van der Waals surface area contributed by atoms with Crippen molar-refractivity contribution in [1.82, 2.24) is 5.32 Å². The fourth-order valence-corrected chi connectivity index (χ4v) is 2.76. The molecular weight excluding hydrogens is 274 g/mol. The van der Waals surface area contributed by atoms with E-state index in [9.17, 15) is 9.59 Å². The van der Waals surface area contributed by atoms with Crippen LogP contribution in [-0.2, 0) is 4.79 Å². The highest BCUT2D eigenvalue weighted by Gasteiger charge is 2.16. The number of thioether (sulfide) groups is 1. The zero-order valence-corrected chi connectivity index (χ0v) is 12.9. The van der Waals surface area contributed by atoms with Gasteiger partial charge in [-0.2, -0.15) is 0 Å². The predicted octanol–water partition coefficient (Wildman–Crippen LogP) is 3.17. The van der Waals surface area contributed by atoms with Gasteiger partial charge in [-0.05, 0) is 38.5 Å². The molecule has 0 fully saturated rings. The molecule has 0 heterocycles. The third-order valence-electron chi connectivity index (χ3n) is 2.87. The van der Waals surface area contributed by atoms with Crippen LogP contribution >= 0.6 is 11.8 Å². The summed E-state index contributed by atoms with van der Waals surface area (Å²) in [6, 6.07) is 6.81. The summed E-state index contributed by atoms with van der Waals surface area (Å²) in [5, 5.41) is 11.7. The third kappa shape index (κ3) is 5.25. The lowest BCUT2D eigenvalue weighted by atomic mass is 10.2. The molecule has 0 saturated carbocycles. The first-order valence-corrected chi connectivity index (χ1v) is 7.62. The van der Waals surface area contributed by atoms with Crippen molar-refractivity contribution in [3.8, 4) is 0 Å². The maximum atomic E-state index is 12.0.